The number of hydrogen-bond acceptors (Lipinski definition) is 2. The van der Waals surface area contributed by atoms with E-state index in [1.165, 1.54) is 21.9 Å². The molecule has 1 unspecified atom stereocenters. The Morgan fingerprint density at radius 3 is 2.55 bits per heavy atom. The monoisotopic (exact) mass is 282 g/mol. The molecule has 102 valence electrons. The van der Waals surface area contributed by atoms with Gasteiger partial charge in [-0.15, -0.1) is 11.3 Å². The van der Waals surface area contributed by atoms with Crippen molar-refractivity contribution >= 4 is 22.1 Å². The van der Waals surface area contributed by atoms with E-state index < -0.39 is 5.60 Å². The maximum Gasteiger partial charge on any atom is 0.100 e. The molecule has 3 aromatic rings. The van der Waals surface area contributed by atoms with Crippen LogP contribution >= 0.6 is 11.3 Å². The first-order valence-electron chi connectivity index (χ1n) is 6.81. The molecule has 1 aromatic heterocycles. The fourth-order valence-electron chi connectivity index (χ4n) is 2.82. The second kappa shape index (κ2) is 5.04. The molecule has 0 saturated heterocycles. The van der Waals surface area contributed by atoms with Crippen LogP contribution in [0.2, 0.25) is 0 Å². The number of benzene rings is 2. The van der Waals surface area contributed by atoms with Crippen LogP contribution < -0.4 is 0 Å². The molecule has 2 heteroatoms. The Balaban J connectivity index is 2.03. The first kappa shape index (κ1) is 13.3. The van der Waals surface area contributed by atoms with Gasteiger partial charge in [-0.25, -0.2) is 0 Å². The van der Waals surface area contributed by atoms with E-state index in [-0.39, 0.29) is 0 Å². The van der Waals surface area contributed by atoms with Crippen molar-refractivity contribution in [3.8, 4) is 0 Å². The minimum Gasteiger partial charge on any atom is -0.384 e. The second-order valence-electron chi connectivity index (χ2n) is 5.52. The van der Waals surface area contributed by atoms with E-state index in [0.717, 1.165) is 4.88 Å². The Labute approximate surface area is 123 Å². The van der Waals surface area contributed by atoms with Crippen molar-refractivity contribution < 1.29 is 5.11 Å². The fraction of sp³-hybridized carbons (Fsp3) is 0.222. The van der Waals surface area contributed by atoms with E-state index in [0.29, 0.717) is 6.42 Å². The molecule has 0 aliphatic heterocycles. The van der Waals surface area contributed by atoms with Crippen molar-refractivity contribution in [1.82, 2.24) is 0 Å². The molecule has 0 saturated carbocycles. The highest BCUT2D eigenvalue weighted by molar-refractivity contribution is 7.10. The topological polar surface area (TPSA) is 20.2 Å². The molecular formula is C18H18OS. The number of thiophene rings is 1. The van der Waals surface area contributed by atoms with E-state index >= 15 is 0 Å². The SMILES string of the molecule is Cc1ccsc1C(C)(O)Cc1cccc2ccccc12. The second-order valence-corrected chi connectivity index (χ2v) is 6.44. The van der Waals surface area contributed by atoms with Crippen molar-refractivity contribution in [2.45, 2.75) is 25.9 Å². The zero-order valence-electron chi connectivity index (χ0n) is 11.8. The van der Waals surface area contributed by atoms with Crippen molar-refractivity contribution in [2.24, 2.45) is 0 Å². The molecule has 0 spiro atoms. The average Bonchev–Trinajstić information content (AvgIpc) is 2.86. The maximum atomic E-state index is 10.9. The van der Waals surface area contributed by atoms with Gasteiger partial charge in [-0.3, -0.25) is 0 Å². The lowest BCUT2D eigenvalue weighted by Gasteiger charge is -2.24. The summed E-state index contributed by atoms with van der Waals surface area (Å²) in [6.45, 7) is 3.97. The number of hydrogen-bond donors (Lipinski definition) is 1. The van der Waals surface area contributed by atoms with Gasteiger partial charge in [0.25, 0.3) is 0 Å². The lowest BCUT2D eigenvalue weighted by Crippen LogP contribution is -2.24. The van der Waals surface area contributed by atoms with Crippen LogP contribution in [0.15, 0.2) is 53.9 Å². The maximum absolute atomic E-state index is 10.9. The van der Waals surface area contributed by atoms with Gasteiger partial charge in [0.15, 0.2) is 0 Å². The lowest BCUT2D eigenvalue weighted by molar-refractivity contribution is 0.0612. The van der Waals surface area contributed by atoms with Crippen molar-refractivity contribution in [3.05, 3.63) is 69.9 Å². The van der Waals surface area contributed by atoms with Crippen LogP contribution in [0.4, 0.5) is 0 Å². The van der Waals surface area contributed by atoms with Crippen molar-refractivity contribution in [1.29, 1.82) is 0 Å². The van der Waals surface area contributed by atoms with Gasteiger partial charge in [-0.1, -0.05) is 42.5 Å². The molecule has 3 rings (SSSR count). The largest absolute Gasteiger partial charge is 0.384 e. The van der Waals surface area contributed by atoms with Crippen LogP contribution in [0.3, 0.4) is 0 Å². The highest BCUT2D eigenvalue weighted by Gasteiger charge is 2.27. The Morgan fingerprint density at radius 1 is 1.05 bits per heavy atom. The van der Waals surface area contributed by atoms with Crippen molar-refractivity contribution in [3.63, 3.8) is 0 Å². The van der Waals surface area contributed by atoms with Crippen molar-refractivity contribution in [2.75, 3.05) is 0 Å². The van der Waals surface area contributed by atoms with Gasteiger partial charge >= 0.3 is 0 Å². The summed E-state index contributed by atoms with van der Waals surface area (Å²) in [7, 11) is 0. The zero-order valence-corrected chi connectivity index (χ0v) is 12.6. The van der Waals surface area contributed by atoms with E-state index in [2.05, 4.69) is 49.4 Å². The third-order valence-corrected chi connectivity index (χ3v) is 5.04. The minimum atomic E-state index is -0.817. The predicted molar refractivity (Wildman–Crippen MR) is 86.3 cm³/mol. The predicted octanol–water partition coefficient (Wildman–Crippen LogP) is 4.66. The van der Waals surface area contributed by atoms with Gasteiger partial charge < -0.3 is 5.11 Å². The molecule has 1 atom stereocenters. The van der Waals surface area contributed by atoms with Crippen LogP contribution in [0.5, 0.6) is 0 Å². The van der Waals surface area contributed by atoms with Gasteiger partial charge in [-0.2, -0.15) is 0 Å². The summed E-state index contributed by atoms with van der Waals surface area (Å²) in [5, 5.41) is 15.4. The van der Waals surface area contributed by atoms with Gasteiger partial charge in [0.1, 0.15) is 5.60 Å². The summed E-state index contributed by atoms with van der Waals surface area (Å²) >= 11 is 1.63. The van der Waals surface area contributed by atoms with Crippen LogP contribution in [0.25, 0.3) is 10.8 Å². The number of aryl methyl sites for hydroxylation is 1. The molecule has 0 fully saturated rings. The molecule has 2 aromatic carbocycles. The Kier molecular flexibility index (Phi) is 3.36. The highest BCUT2D eigenvalue weighted by Crippen LogP contribution is 2.33. The molecule has 1 heterocycles. The third kappa shape index (κ3) is 2.37. The normalized spacial score (nSPS) is 14.3. The number of rotatable bonds is 3. The summed E-state index contributed by atoms with van der Waals surface area (Å²) in [5.41, 5.74) is 1.55. The van der Waals surface area contributed by atoms with E-state index in [9.17, 15) is 5.11 Å². The fourth-order valence-corrected chi connectivity index (χ4v) is 3.81. The molecule has 1 N–H and O–H groups in total. The van der Waals surface area contributed by atoms with Crippen LogP contribution in [0.1, 0.15) is 22.9 Å². The first-order chi connectivity index (χ1) is 9.58. The van der Waals surface area contributed by atoms with Crippen LogP contribution in [-0.2, 0) is 12.0 Å². The standard InChI is InChI=1S/C18H18OS/c1-13-10-11-20-17(13)18(2,19)12-15-8-5-7-14-6-3-4-9-16(14)15/h3-11,19H,12H2,1-2H3. The molecule has 0 amide bonds. The molecule has 0 bridgehead atoms. The average molecular weight is 282 g/mol. The van der Waals surface area contributed by atoms with Gasteiger partial charge in [0, 0.05) is 11.3 Å². The van der Waals surface area contributed by atoms with E-state index in [4.69, 9.17) is 0 Å². The number of fused-ring (bicyclic) bond motifs is 1. The lowest BCUT2D eigenvalue weighted by atomic mass is 9.90. The van der Waals surface area contributed by atoms with Gasteiger partial charge in [-0.05, 0) is 47.2 Å². The van der Waals surface area contributed by atoms with Gasteiger partial charge in [0.2, 0.25) is 0 Å². The van der Waals surface area contributed by atoms with Gasteiger partial charge in [0.05, 0.1) is 0 Å². The molecule has 20 heavy (non-hydrogen) atoms. The Bertz CT molecular complexity index is 735. The summed E-state index contributed by atoms with van der Waals surface area (Å²) in [5.74, 6) is 0. The van der Waals surface area contributed by atoms with Crippen LogP contribution in [-0.4, -0.2) is 5.11 Å². The molecule has 0 aliphatic carbocycles. The van der Waals surface area contributed by atoms with Crippen LogP contribution in [0, 0.1) is 6.92 Å². The summed E-state index contributed by atoms with van der Waals surface area (Å²) in [4.78, 5) is 1.06. The minimum absolute atomic E-state index is 0.635. The summed E-state index contributed by atoms with van der Waals surface area (Å²) in [6, 6.07) is 16.7. The molecule has 1 nitrogen and oxygen atoms in total. The Morgan fingerprint density at radius 2 is 1.80 bits per heavy atom. The first-order valence-corrected chi connectivity index (χ1v) is 7.69. The molecule has 0 aliphatic rings. The summed E-state index contributed by atoms with van der Waals surface area (Å²) in [6.07, 6.45) is 0.635. The zero-order chi connectivity index (χ0) is 14.2. The highest BCUT2D eigenvalue weighted by atomic mass is 32.1. The smallest absolute Gasteiger partial charge is 0.100 e. The molecule has 0 radical (unpaired) electrons. The Hall–Kier alpha value is -1.64. The quantitative estimate of drug-likeness (QED) is 0.740. The third-order valence-electron chi connectivity index (χ3n) is 3.77. The molecular weight excluding hydrogens is 264 g/mol. The van der Waals surface area contributed by atoms with E-state index in [1.807, 2.05) is 18.4 Å². The summed E-state index contributed by atoms with van der Waals surface area (Å²) < 4.78 is 0. The van der Waals surface area contributed by atoms with E-state index in [1.54, 1.807) is 11.3 Å². The number of aliphatic hydroxyl groups is 1.